The Labute approximate surface area is 302 Å². The lowest BCUT2D eigenvalue weighted by Crippen LogP contribution is -2.43. The normalized spacial score (nSPS) is 18.7. The Morgan fingerprint density at radius 3 is 1.28 bits per heavy atom. The van der Waals surface area contributed by atoms with Crippen molar-refractivity contribution in [1.82, 2.24) is 0 Å². The van der Waals surface area contributed by atoms with Crippen LogP contribution in [0.25, 0.3) is 0 Å². The predicted molar refractivity (Wildman–Crippen MR) is 173 cm³/mol. The van der Waals surface area contributed by atoms with Crippen LogP contribution in [0.5, 0.6) is 0 Å². The molecule has 1 aromatic carbocycles. The number of aliphatic hydroxyl groups is 4. The van der Waals surface area contributed by atoms with E-state index in [-0.39, 0.29) is 23.8 Å². The first-order valence-corrected chi connectivity index (χ1v) is 16.7. The van der Waals surface area contributed by atoms with E-state index >= 15 is 0 Å². The lowest BCUT2D eigenvalue weighted by molar-refractivity contribution is -0.261. The van der Waals surface area contributed by atoms with Crippen LogP contribution < -0.4 is 0 Å². The van der Waals surface area contributed by atoms with Crippen LogP contribution in [0.4, 0.5) is 52.7 Å². The lowest BCUT2D eigenvalue weighted by Gasteiger charge is -2.32. The number of alkyl halides is 12. The number of hydrogen-bond donors (Lipinski definition) is 4. The molecule has 0 aromatic heterocycles. The summed E-state index contributed by atoms with van der Waals surface area (Å²) in [6, 6.07) is 2.60. The van der Waals surface area contributed by atoms with Crippen molar-refractivity contribution in [2.24, 2.45) is 11.3 Å². The first-order chi connectivity index (χ1) is 23.2. The van der Waals surface area contributed by atoms with E-state index in [1.165, 1.54) is 0 Å². The first-order valence-electron chi connectivity index (χ1n) is 16.7. The van der Waals surface area contributed by atoms with Gasteiger partial charge in [-0.2, -0.15) is 52.7 Å². The fourth-order valence-electron chi connectivity index (χ4n) is 3.82. The van der Waals surface area contributed by atoms with Crippen LogP contribution in [0.2, 0.25) is 0 Å². The van der Waals surface area contributed by atoms with E-state index in [9.17, 15) is 67.7 Å². The Morgan fingerprint density at radius 1 is 0.623 bits per heavy atom. The molecule has 0 bridgehead atoms. The van der Waals surface area contributed by atoms with Crippen molar-refractivity contribution in [2.75, 3.05) is 6.61 Å². The molecule has 0 aliphatic carbocycles. The Bertz CT molecular complexity index is 1230. The third kappa shape index (κ3) is 15.0. The largest absolute Gasteiger partial charge is 0.465 e. The van der Waals surface area contributed by atoms with Gasteiger partial charge in [0.25, 0.3) is 0 Å². The average Bonchev–Trinajstić information content (AvgIpc) is 2.98. The van der Waals surface area contributed by atoms with Gasteiger partial charge in [0.1, 0.15) is 0 Å². The summed E-state index contributed by atoms with van der Waals surface area (Å²) in [5.74, 6) is -1.02. The van der Waals surface area contributed by atoms with Crippen LogP contribution in [-0.4, -0.2) is 68.9 Å². The summed E-state index contributed by atoms with van der Waals surface area (Å²) < 4.78 is 156. The Morgan fingerprint density at radius 2 is 1.00 bits per heavy atom. The van der Waals surface area contributed by atoms with Crippen molar-refractivity contribution in [3.8, 4) is 0 Å². The highest BCUT2D eigenvalue weighted by Crippen LogP contribution is 2.44. The van der Waals surface area contributed by atoms with E-state index in [0.717, 1.165) is 19.1 Å². The molecular formula is C35H54F12O6. The number of halogens is 12. The summed E-state index contributed by atoms with van der Waals surface area (Å²) in [6.45, 7) is 13.9. The standard InChI is InChI=1S/C16H20F6O2.C11H19F3O3.C8H15F3O/c1-5-9(2)10-6-11(13(3,23)15(17,18)19)8-12(7-10)14(4,24)16(20,21)22;1-5-9(2,3)8(15)17-7-6-10(4,16)11(12,13)14;1-4-6(2)5-7(3,12)8(9,10)11/h6-9,23-24H,5H2,1-4H3;16H,5-7H2,1-4H3;6,12H,4-5H2,1-3H3. The fourth-order valence-corrected chi connectivity index (χ4v) is 3.82. The molecule has 314 valence electrons. The topological polar surface area (TPSA) is 107 Å². The summed E-state index contributed by atoms with van der Waals surface area (Å²) >= 11 is 0. The third-order valence-corrected chi connectivity index (χ3v) is 9.29. The average molecular weight is 799 g/mol. The minimum absolute atomic E-state index is 0.110. The fraction of sp³-hybridized carbons (Fsp3) is 0.800. The summed E-state index contributed by atoms with van der Waals surface area (Å²) in [5.41, 5.74) is -14.1. The van der Waals surface area contributed by atoms with Gasteiger partial charge in [-0.1, -0.05) is 53.2 Å². The van der Waals surface area contributed by atoms with E-state index in [4.69, 9.17) is 14.9 Å². The molecule has 53 heavy (non-hydrogen) atoms. The molecule has 4 N–H and O–H groups in total. The van der Waals surface area contributed by atoms with Gasteiger partial charge in [0.05, 0.1) is 12.0 Å². The number of esters is 1. The smallest absolute Gasteiger partial charge is 0.421 e. The molecule has 0 aliphatic rings. The second-order valence-corrected chi connectivity index (χ2v) is 14.7. The molecular weight excluding hydrogens is 744 g/mol. The van der Waals surface area contributed by atoms with Crippen molar-refractivity contribution in [2.45, 2.75) is 161 Å². The SMILES string of the molecule is CCC(C)(C)C(=O)OCCC(C)(O)C(F)(F)F.CCC(C)CC(C)(O)C(F)(F)F.CCC(C)c1cc(C(C)(O)C(F)(F)F)cc(C(C)(O)C(F)(F)F)c1. The zero-order valence-electron chi connectivity index (χ0n) is 31.8. The molecule has 0 heterocycles. The van der Waals surface area contributed by atoms with Gasteiger partial charge >= 0.3 is 30.7 Å². The van der Waals surface area contributed by atoms with Crippen molar-refractivity contribution >= 4 is 5.97 Å². The molecule has 0 saturated carbocycles. The number of carbonyl (C=O) groups is 1. The van der Waals surface area contributed by atoms with Gasteiger partial charge in [0.15, 0.2) is 22.4 Å². The molecule has 1 rings (SSSR count). The van der Waals surface area contributed by atoms with Gasteiger partial charge in [0.2, 0.25) is 0 Å². The van der Waals surface area contributed by atoms with Gasteiger partial charge in [-0.15, -0.1) is 0 Å². The lowest BCUT2D eigenvalue weighted by atomic mass is 9.84. The number of carbonyl (C=O) groups excluding carboxylic acids is 1. The maximum absolute atomic E-state index is 13.1. The van der Waals surface area contributed by atoms with E-state index in [2.05, 4.69) is 0 Å². The maximum atomic E-state index is 13.1. The highest BCUT2D eigenvalue weighted by molar-refractivity contribution is 5.75. The van der Waals surface area contributed by atoms with Crippen LogP contribution in [0.15, 0.2) is 18.2 Å². The summed E-state index contributed by atoms with van der Waals surface area (Å²) in [7, 11) is 0. The molecule has 0 fully saturated rings. The maximum Gasteiger partial charge on any atom is 0.421 e. The molecule has 18 heteroatoms. The predicted octanol–water partition coefficient (Wildman–Crippen LogP) is 10.1. The summed E-state index contributed by atoms with van der Waals surface area (Å²) in [5, 5.41) is 37.7. The molecule has 6 unspecified atom stereocenters. The molecule has 6 atom stereocenters. The molecule has 0 saturated heterocycles. The van der Waals surface area contributed by atoms with E-state index in [1.807, 2.05) is 0 Å². The number of hydrogen-bond acceptors (Lipinski definition) is 6. The van der Waals surface area contributed by atoms with Crippen LogP contribution in [0.3, 0.4) is 0 Å². The van der Waals surface area contributed by atoms with Gasteiger partial charge < -0.3 is 25.2 Å². The zero-order valence-corrected chi connectivity index (χ0v) is 31.8. The number of benzene rings is 1. The highest BCUT2D eigenvalue weighted by Gasteiger charge is 2.55. The zero-order chi connectivity index (χ0) is 43.0. The minimum Gasteiger partial charge on any atom is -0.465 e. The molecule has 0 aliphatic heterocycles. The van der Waals surface area contributed by atoms with E-state index in [0.29, 0.717) is 46.1 Å². The number of ether oxygens (including phenoxy) is 1. The van der Waals surface area contributed by atoms with E-state index in [1.54, 1.807) is 48.5 Å². The third-order valence-electron chi connectivity index (χ3n) is 9.29. The second-order valence-electron chi connectivity index (χ2n) is 14.7. The van der Waals surface area contributed by atoms with Gasteiger partial charge in [0, 0.05) is 6.42 Å². The van der Waals surface area contributed by atoms with Crippen LogP contribution in [0.1, 0.15) is 131 Å². The summed E-state index contributed by atoms with van der Waals surface area (Å²) in [4.78, 5) is 11.4. The molecule has 1 aromatic rings. The van der Waals surface area contributed by atoms with Crippen LogP contribution in [-0.2, 0) is 20.7 Å². The Kier molecular flexibility index (Phi) is 18.5. The number of rotatable bonds is 12. The van der Waals surface area contributed by atoms with Gasteiger partial charge in [-0.3, -0.25) is 4.79 Å². The quantitative estimate of drug-likeness (QED) is 0.124. The first kappa shape index (κ1) is 52.8. The molecule has 6 nitrogen and oxygen atoms in total. The van der Waals surface area contributed by atoms with Crippen LogP contribution >= 0.6 is 0 Å². The van der Waals surface area contributed by atoms with Gasteiger partial charge in [-0.25, -0.2) is 0 Å². The molecule has 0 spiro atoms. The van der Waals surface area contributed by atoms with Crippen LogP contribution in [0, 0.1) is 11.3 Å². The van der Waals surface area contributed by atoms with Gasteiger partial charge in [-0.05, 0) is 95.4 Å². The second kappa shape index (κ2) is 18.5. The Hall–Kier alpha value is -2.31. The molecule has 0 amide bonds. The summed E-state index contributed by atoms with van der Waals surface area (Å²) in [6.07, 6.45) is -18.7. The minimum atomic E-state index is -5.08. The van der Waals surface area contributed by atoms with Crippen molar-refractivity contribution in [1.29, 1.82) is 0 Å². The highest BCUT2D eigenvalue weighted by atomic mass is 19.4. The van der Waals surface area contributed by atoms with Crippen molar-refractivity contribution in [3.63, 3.8) is 0 Å². The molecule has 0 radical (unpaired) electrons. The Balaban J connectivity index is 0. The van der Waals surface area contributed by atoms with Crippen molar-refractivity contribution in [3.05, 3.63) is 34.9 Å². The monoisotopic (exact) mass is 798 g/mol. The van der Waals surface area contributed by atoms with Crippen molar-refractivity contribution < 1.29 is 82.6 Å². The van der Waals surface area contributed by atoms with E-state index < -0.39 is 82.6 Å².